The molecule has 0 radical (unpaired) electrons. The normalized spacial score (nSPS) is 14.4. The highest BCUT2D eigenvalue weighted by Crippen LogP contribution is 2.41. The lowest BCUT2D eigenvalue weighted by Gasteiger charge is -2.19. The van der Waals surface area contributed by atoms with E-state index in [1.54, 1.807) is 0 Å². The van der Waals surface area contributed by atoms with Crippen molar-refractivity contribution in [2.45, 2.75) is 23.8 Å². The minimum absolute atomic E-state index is 0.00476. The molecule has 1 aliphatic carbocycles. The van der Waals surface area contributed by atoms with Gasteiger partial charge in [-0.25, -0.2) is 0 Å². The fourth-order valence-electron chi connectivity index (χ4n) is 3.38. The highest BCUT2D eigenvalue weighted by molar-refractivity contribution is 7.87. The van der Waals surface area contributed by atoms with Gasteiger partial charge >= 0.3 is 10.1 Å². The van der Waals surface area contributed by atoms with Gasteiger partial charge in [0.05, 0.1) is 11.0 Å². The van der Waals surface area contributed by atoms with Gasteiger partial charge in [-0.15, -0.1) is 0 Å². The molecule has 1 atom stereocenters. The molecule has 0 heterocycles. The largest absolute Gasteiger partial charge is 0.379 e. The summed E-state index contributed by atoms with van der Waals surface area (Å²) in [4.78, 5) is 22.6. The molecule has 32 heavy (non-hydrogen) atoms. The number of non-ortho nitro benzene ring substituents is 1. The molecule has 0 aliphatic heterocycles. The van der Waals surface area contributed by atoms with Gasteiger partial charge in [0.2, 0.25) is 0 Å². The van der Waals surface area contributed by atoms with Crippen molar-refractivity contribution < 1.29 is 22.3 Å². The van der Waals surface area contributed by atoms with Crippen LogP contribution in [0.25, 0.3) is 0 Å². The van der Waals surface area contributed by atoms with Gasteiger partial charge in [0.15, 0.2) is 0 Å². The van der Waals surface area contributed by atoms with Crippen molar-refractivity contribution in [1.29, 1.82) is 0 Å². The average Bonchev–Trinajstić information content (AvgIpc) is 3.63. The van der Waals surface area contributed by atoms with E-state index in [1.807, 2.05) is 30.3 Å². The third-order valence-electron chi connectivity index (χ3n) is 5.18. The minimum atomic E-state index is -4.27. The highest BCUT2D eigenvalue weighted by atomic mass is 32.2. The van der Waals surface area contributed by atoms with Gasteiger partial charge in [0.25, 0.3) is 11.6 Å². The Labute approximate surface area is 185 Å². The zero-order chi connectivity index (χ0) is 22.7. The number of rotatable bonds is 8. The van der Waals surface area contributed by atoms with E-state index in [9.17, 15) is 23.3 Å². The molecule has 1 saturated carbocycles. The SMILES string of the molecule is O=C(NC(c1ccccc1)C1CC1)c1ccc(OS(=O)(=O)c2cccc([N+](=O)[O-])c2)cc1. The summed E-state index contributed by atoms with van der Waals surface area (Å²) in [6, 6.07) is 20.0. The maximum Gasteiger partial charge on any atom is 0.339 e. The molecular formula is C23H20N2O6S. The van der Waals surface area contributed by atoms with Crippen LogP contribution in [0.4, 0.5) is 5.69 Å². The quantitative estimate of drug-likeness (QED) is 0.310. The molecule has 0 saturated heterocycles. The van der Waals surface area contributed by atoms with E-state index in [0.717, 1.165) is 24.5 Å². The Kier molecular flexibility index (Phi) is 5.91. The molecular weight excluding hydrogens is 432 g/mol. The second-order valence-corrected chi connectivity index (χ2v) is 9.06. The molecule has 1 amide bonds. The number of carbonyl (C=O) groups excluding carboxylic acids is 1. The molecule has 1 unspecified atom stereocenters. The lowest BCUT2D eigenvalue weighted by molar-refractivity contribution is -0.385. The van der Waals surface area contributed by atoms with Crippen molar-refractivity contribution in [3.63, 3.8) is 0 Å². The van der Waals surface area contributed by atoms with E-state index in [4.69, 9.17) is 4.18 Å². The van der Waals surface area contributed by atoms with E-state index >= 15 is 0 Å². The summed E-state index contributed by atoms with van der Waals surface area (Å²) >= 11 is 0. The summed E-state index contributed by atoms with van der Waals surface area (Å²) in [6.45, 7) is 0. The standard InChI is InChI=1S/C23H20N2O6S/c26-23(24-22(17-9-10-17)16-5-2-1-3-6-16)18-11-13-20(14-12-18)31-32(29,30)21-8-4-7-19(15-21)25(27)28/h1-8,11-15,17,22H,9-10H2,(H,24,26). The van der Waals surface area contributed by atoms with Crippen molar-refractivity contribution >= 4 is 21.7 Å². The number of hydrogen-bond acceptors (Lipinski definition) is 6. The van der Waals surface area contributed by atoms with Gasteiger partial charge in [-0.3, -0.25) is 14.9 Å². The molecule has 9 heteroatoms. The lowest BCUT2D eigenvalue weighted by Crippen LogP contribution is -2.29. The van der Waals surface area contributed by atoms with Gasteiger partial charge in [0, 0.05) is 17.7 Å². The first-order valence-electron chi connectivity index (χ1n) is 9.98. The van der Waals surface area contributed by atoms with Crippen LogP contribution in [0.1, 0.15) is 34.8 Å². The van der Waals surface area contributed by atoms with Crippen LogP contribution in [0.2, 0.25) is 0 Å². The monoisotopic (exact) mass is 452 g/mol. The van der Waals surface area contributed by atoms with Crippen molar-refractivity contribution in [3.8, 4) is 5.75 Å². The predicted octanol–water partition coefficient (Wildman–Crippen LogP) is 4.24. The first kappa shape index (κ1) is 21.5. The van der Waals surface area contributed by atoms with E-state index in [-0.39, 0.29) is 28.3 Å². The van der Waals surface area contributed by atoms with E-state index in [2.05, 4.69) is 5.32 Å². The number of hydrogen-bond donors (Lipinski definition) is 1. The fraction of sp³-hybridized carbons (Fsp3) is 0.174. The van der Waals surface area contributed by atoms with E-state index in [0.29, 0.717) is 11.5 Å². The number of benzene rings is 3. The summed E-state index contributed by atoms with van der Waals surface area (Å²) in [5.74, 6) is 0.137. The van der Waals surface area contributed by atoms with Crippen molar-refractivity contribution in [2.75, 3.05) is 0 Å². The second-order valence-electron chi connectivity index (χ2n) is 7.52. The lowest BCUT2D eigenvalue weighted by atomic mass is 10.0. The Morgan fingerprint density at radius 2 is 1.69 bits per heavy atom. The minimum Gasteiger partial charge on any atom is -0.379 e. The highest BCUT2D eigenvalue weighted by Gasteiger charge is 2.33. The Morgan fingerprint density at radius 1 is 1.00 bits per heavy atom. The summed E-state index contributed by atoms with van der Waals surface area (Å²) in [5.41, 5.74) is 1.06. The summed E-state index contributed by atoms with van der Waals surface area (Å²) in [6.07, 6.45) is 2.12. The summed E-state index contributed by atoms with van der Waals surface area (Å²) in [7, 11) is -4.27. The zero-order valence-electron chi connectivity index (χ0n) is 16.9. The Balaban J connectivity index is 1.46. The first-order valence-corrected chi connectivity index (χ1v) is 11.4. The number of amides is 1. The zero-order valence-corrected chi connectivity index (χ0v) is 17.7. The maximum absolute atomic E-state index is 12.7. The van der Waals surface area contributed by atoms with Crippen LogP contribution >= 0.6 is 0 Å². The molecule has 1 N–H and O–H groups in total. The van der Waals surface area contributed by atoms with E-state index in [1.165, 1.54) is 42.5 Å². The van der Waals surface area contributed by atoms with Crippen LogP contribution in [0.15, 0.2) is 83.8 Å². The second kappa shape index (κ2) is 8.80. The maximum atomic E-state index is 12.7. The van der Waals surface area contributed by atoms with Gasteiger partial charge in [0.1, 0.15) is 10.6 Å². The first-order chi connectivity index (χ1) is 15.3. The molecule has 0 spiro atoms. The van der Waals surface area contributed by atoms with Crippen LogP contribution in [0.5, 0.6) is 5.75 Å². The molecule has 1 aliphatic rings. The van der Waals surface area contributed by atoms with Crippen LogP contribution in [0.3, 0.4) is 0 Å². The summed E-state index contributed by atoms with van der Waals surface area (Å²) < 4.78 is 30.0. The van der Waals surface area contributed by atoms with Gasteiger partial charge in [-0.1, -0.05) is 36.4 Å². The molecule has 164 valence electrons. The smallest absolute Gasteiger partial charge is 0.339 e. The van der Waals surface area contributed by atoms with Crippen LogP contribution < -0.4 is 9.50 Å². The number of nitrogens with zero attached hydrogens (tertiary/aromatic N) is 1. The van der Waals surface area contributed by atoms with Crippen molar-refractivity contribution in [3.05, 3.63) is 100 Å². The molecule has 1 fully saturated rings. The van der Waals surface area contributed by atoms with E-state index < -0.39 is 15.0 Å². The number of nitrogens with one attached hydrogen (secondary N) is 1. The molecule has 8 nitrogen and oxygen atoms in total. The summed E-state index contributed by atoms with van der Waals surface area (Å²) in [5, 5.41) is 13.9. The Bertz CT molecular complexity index is 1240. The molecule has 3 aromatic rings. The third kappa shape index (κ3) is 4.94. The number of carbonyl (C=O) groups is 1. The van der Waals surface area contributed by atoms with Crippen LogP contribution in [0, 0.1) is 16.0 Å². The fourth-order valence-corrected chi connectivity index (χ4v) is 4.35. The molecule has 4 rings (SSSR count). The third-order valence-corrected chi connectivity index (χ3v) is 6.42. The predicted molar refractivity (Wildman–Crippen MR) is 117 cm³/mol. The molecule has 0 bridgehead atoms. The van der Waals surface area contributed by atoms with Crippen LogP contribution in [-0.4, -0.2) is 19.2 Å². The number of nitro groups is 1. The Hall–Kier alpha value is -3.72. The molecule has 0 aromatic heterocycles. The van der Waals surface area contributed by atoms with Crippen LogP contribution in [-0.2, 0) is 10.1 Å². The van der Waals surface area contributed by atoms with Gasteiger partial charge < -0.3 is 9.50 Å². The van der Waals surface area contributed by atoms with Crippen molar-refractivity contribution in [1.82, 2.24) is 5.32 Å². The Morgan fingerprint density at radius 3 is 2.31 bits per heavy atom. The average molecular weight is 452 g/mol. The van der Waals surface area contributed by atoms with Crippen molar-refractivity contribution in [2.24, 2.45) is 5.92 Å². The van der Waals surface area contributed by atoms with Gasteiger partial charge in [-0.2, -0.15) is 8.42 Å². The van der Waals surface area contributed by atoms with Gasteiger partial charge in [-0.05, 0) is 54.7 Å². The number of nitro benzene ring substituents is 1. The topological polar surface area (TPSA) is 116 Å². The molecule has 3 aromatic carbocycles.